The van der Waals surface area contributed by atoms with E-state index in [0.717, 1.165) is 16.8 Å². The van der Waals surface area contributed by atoms with Gasteiger partial charge in [0.05, 0.1) is 0 Å². The molecule has 3 aromatic carbocycles. The maximum absolute atomic E-state index is 13.0. The molecule has 3 nitrogen and oxygen atoms in total. The van der Waals surface area contributed by atoms with E-state index in [9.17, 15) is 4.79 Å². The number of hydrogen-bond donors (Lipinski definition) is 0. The molecule has 1 fully saturated rings. The SMILES string of the molecule is Cc1ccc(N2C(=O)[C@H](Oc3ccccc3)[C@H]2c2ccccc2Cl)cc1C. The molecule has 0 N–H and O–H groups in total. The van der Waals surface area contributed by atoms with Crippen LogP contribution in [0.4, 0.5) is 5.69 Å². The summed E-state index contributed by atoms with van der Waals surface area (Å²) in [7, 11) is 0. The van der Waals surface area contributed by atoms with Crippen molar-refractivity contribution in [1.29, 1.82) is 0 Å². The Kier molecular flexibility index (Phi) is 4.63. The maximum Gasteiger partial charge on any atom is 0.271 e. The summed E-state index contributed by atoms with van der Waals surface area (Å²) >= 11 is 6.46. The van der Waals surface area contributed by atoms with Gasteiger partial charge in [-0.05, 0) is 60.9 Å². The van der Waals surface area contributed by atoms with E-state index in [-0.39, 0.29) is 11.9 Å². The Balaban J connectivity index is 1.73. The van der Waals surface area contributed by atoms with Crippen LogP contribution in [0.1, 0.15) is 22.7 Å². The first kappa shape index (κ1) is 17.6. The first-order valence-electron chi connectivity index (χ1n) is 8.93. The molecule has 0 unspecified atom stereocenters. The Morgan fingerprint density at radius 3 is 2.30 bits per heavy atom. The van der Waals surface area contributed by atoms with Crippen molar-refractivity contribution in [3.05, 3.63) is 94.5 Å². The van der Waals surface area contributed by atoms with Crippen molar-refractivity contribution in [2.24, 2.45) is 0 Å². The van der Waals surface area contributed by atoms with Crippen molar-refractivity contribution < 1.29 is 9.53 Å². The lowest BCUT2D eigenvalue weighted by atomic mass is 9.89. The lowest BCUT2D eigenvalue weighted by Crippen LogP contribution is -2.61. The number of halogens is 1. The topological polar surface area (TPSA) is 29.5 Å². The summed E-state index contributed by atoms with van der Waals surface area (Å²) in [5.74, 6) is 0.611. The largest absolute Gasteiger partial charge is 0.478 e. The highest BCUT2D eigenvalue weighted by Crippen LogP contribution is 2.43. The Morgan fingerprint density at radius 2 is 1.59 bits per heavy atom. The van der Waals surface area contributed by atoms with E-state index in [0.29, 0.717) is 10.8 Å². The average molecular weight is 378 g/mol. The molecule has 0 radical (unpaired) electrons. The van der Waals surface area contributed by atoms with Gasteiger partial charge in [0.1, 0.15) is 11.8 Å². The molecule has 0 aliphatic carbocycles. The van der Waals surface area contributed by atoms with Gasteiger partial charge in [-0.15, -0.1) is 0 Å². The first-order chi connectivity index (χ1) is 13.1. The van der Waals surface area contributed by atoms with Crippen molar-refractivity contribution in [2.75, 3.05) is 4.90 Å². The smallest absolute Gasteiger partial charge is 0.271 e. The zero-order chi connectivity index (χ0) is 19.0. The summed E-state index contributed by atoms with van der Waals surface area (Å²) in [4.78, 5) is 14.8. The van der Waals surface area contributed by atoms with E-state index in [1.54, 1.807) is 4.90 Å². The Hall–Kier alpha value is -2.78. The van der Waals surface area contributed by atoms with Crippen LogP contribution in [0.15, 0.2) is 72.8 Å². The number of ether oxygens (including phenoxy) is 1. The quantitative estimate of drug-likeness (QED) is 0.562. The van der Waals surface area contributed by atoms with Crippen LogP contribution < -0.4 is 9.64 Å². The van der Waals surface area contributed by atoms with Crippen LogP contribution >= 0.6 is 11.6 Å². The van der Waals surface area contributed by atoms with Gasteiger partial charge in [0.25, 0.3) is 5.91 Å². The summed E-state index contributed by atoms with van der Waals surface area (Å²) in [6, 6.07) is 22.8. The number of benzene rings is 3. The third kappa shape index (κ3) is 3.19. The molecule has 0 saturated carbocycles. The third-order valence-corrected chi connectivity index (χ3v) is 5.39. The minimum absolute atomic E-state index is 0.0629. The monoisotopic (exact) mass is 377 g/mol. The van der Waals surface area contributed by atoms with Gasteiger partial charge in [-0.25, -0.2) is 0 Å². The van der Waals surface area contributed by atoms with Crippen molar-refractivity contribution >= 4 is 23.2 Å². The van der Waals surface area contributed by atoms with Crippen molar-refractivity contribution in [3.8, 4) is 5.75 Å². The zero-order valence-electron chi connectivity index (χ0n) is 15.2. The second kappa shape index (κ2) is 7.09. The fourth-order valence-corrected chi connectivity index (χ4v) is 3.65. The molecular weight excluding hydrogens is 358 g/mol. The van der Waals surface area contributed by atoms with E-state index in [4.69, 9.17) is 16.3 Å². The Labute approximate surface area is 164 Å². The summed E-state index contributed by atoms with van der Waals surface area (Å²) in [6.45, 7) is 4.11. The zero-order valence-corrected chi connectivity index (χ0v) is 16.0. The maximum atomic E-state index is 13.0. The van der Waals surface area contributed by atoms with Gasteiger partial charge in [0.2, 0.25) is 6.10 Å². The highest BCUT2D eigenvalue weighted by molar-refractivity contribution is 6.31. The summed E-state index contributed by atoms with van der Waals surface area (Å²) in [5, 5.41) is 0.630. The molecule has 136 valence electrons. The summed E-state index contributed by atoms with van der Waals surface area (Å²) in [5.41, 5.74) is 4.09. The highest BCUT2D eigenvalue weighted by atomic mass is 35.5. The lowest BCUT2D eigenvalue weighted by molar-refractivity contribution is -0.135. The van der Waals surface area contributed by atoms with E-state index in [2.05, 4.69) is 6.92 Å². The second-order valence-corrected chi connectivity index (χ2v) is 7.20. The molecular formula is C23H20ClNO2. The molecule has 2 atom stereocenters. The van der Waals surface area contributed by atoms with Crippen molar-refractivity contribution in [3.63, 3.8) is 0 Å². The highest BCUT2D eigenvalue weighted by Gasteiger charge is 2.51. The molecule has 1 saturated heterocycles. The van der Waals surface area contributed by atoms with Gasteiger partial charge in [-0.1, -0.05) is 54.1 Å². The van der Waals surface area contributed by atoms with Crippen LogP contribution in [0.3, 0.4) is 0 Å². The molecule has 1 amide bonds. The molecule has 27 heavy (non-hydrogen) atoms. The standard InChI is InChI=1S/C23H20ClNO2/c1-15-12-13-17(14-16(15)2)25-21(19-10-6-7-11-20(19)24)22(23(25)26)27-18-8-4-3-5-9-18/h3-14,21-22H,1-2H3/t21-,22-/m1/s1. The molecule has 0 spiro atoms. The fourth-order valence-electron chi connectivity index (χ4n) is 3.40. The molecule has 1 heterocycles. The van der Waals surface area contributed by atoms with Crippen LogP contribution in [0.25, 0.3) is 0 Å². The number of β-lactam (4-membered cyclic amide) rings is 1. The van der Waals surface area contributed by atoms with Crippen molar-refractivity contribution in [1.82, 2.24) is 0 Å². The molecule has 1 aliphatic heterocycles. The van der Waals surface area contributed by atoms with Gasteiger partial charge in [-0.3, -0.25) is 9.69 Å². The second-order valence-electron chi connectivity index (χ2n) is 6.79. The molecule has 0 aromatic heterocycles. The number of hydrogen-bond acceptors (Lipinski definition) is 2. The molecule has 4 rings (SSSR count). The number of anilines is 1. The van der Waals surface area contributed by atoms with E-state index < -0.39 is 6.10 Å². The fraction of sp³-hybridized carbons (Fsp3) is 0.174. The first-order valence-corrected chi connectivity index (χ1v) is 9.30. The summed E-state index contributed by atoms with van der Waals surface area (Å²) < 4.78 is 6.04. The van der Waals surface area contributed by atoms with Crippen LogP contribution in [0.2, 0.25) is 5.02 Å². The van der Waals surface area contributed by atoms with Gasteiger partial charge in [0.15, 0.2) is 0 Å². The predicted molar refractivity (Wildman–Crippen MR) is 108 cm³/mol. The number of carbonyl (C=O) groups excluding carboxylic acids is 1. The van der Waals surface area contributed by atoms with Crippen molar-refractivity contribution in [2.45, 2.75) is 26.0 Å². The van der Waals surface area contributed by atoms with Gasteiger partial charge >= 0.3 is 0 Å². The normalized spacial score (nSPS) is 18.9. The summed E-state index contributed by atoms with van der Waals surface area (Å²) in [6.07, 6.45) is -0.603. The van der Waals surface area contributed by atoms with Crippen LogP contribution in [0, 0.1) is 13.8 Å². The minimum atomic E-state index is -0.603. The van der Waals surface area contributed by atoms with Gasteiger partial charge in [0, 0.05) is 10.7 Å². The predicted octanol–water partition coefficient (Wildman–Crippen LogP) is 5.49. The third-order valence-electron chi connectivity index (χ3n) is 5.04. The average Bonchev–Trinajstić information content (AvgIpc) is 2.68. The number of para-hydroxylation sites is 1. The van der Waals surface area contributed by atoms with E-state index in [1.165, 1.54) is 5.56 Å². The van der Waals surface area contributed by atoms with Gasteiger partial charge in [-0.2, -0.15) is 0 Å². The number of rotatable bonds is 4. The Bertz CT molecular complexity index is 987. The van der Waals surface area contributed by atoms with Crippen LogP contribution in [0.5, 0.6) is 5.75 Å². The minimum Gasteiger partial charge on any atom is -0.478 e. The number of nitrogens with zero attached hydrogens (tertiary/aromatic N) is 1. The Morgan fingerprint density at radius 1 is 0.889 bits per heavy atom. The number of carbonyl (C=O) groups is 1. The number of aryl methyl sites for hydroxylation is 2. The molecule has 4 heteroatoms. The van der Waals surface area contributed by atoms with Crippen LogP contribution in [-0.2, 0) is 4.79 Å². The number of amides is 1. The van der Waals surface area contributed by atoms with Gasteiger partial charge < -0.3 is 4.74 Å². The van der Waals surface area contributed by atoms with Crippen LogP contribution in [-0.4, -0.2) is 12.0 Å². The van der Waals surface area contributed by atoms with E-state index >= 15 is 0 Å². The van der Waals surface area contributed by atoms with E-state index in [1.807, 2.05) is 79.7 Å². The lowest BCUT2D eigenvalue weighted by Gasteiger charge is -2.47. The molecule has 1 aliphatic rings. The molecule has 3 aromatic rings. The molecule has 0 bridgehead atoms.